The zero-order valence-corrected chi connectivity index (χ0v) is 20.7. The van der Waals surface area contributed by atoms with Gasteiger partial charge in [0.1, 0.15) is 5.75 Å². The van der Waals surface area contributed by atoms with Crippen LogP contribution in [0, 0.1) is 0 Å². The maximum absolute atomic E-state index is 15.1. The maximum Gasteiger partial charge on any atom is 0.425 e. The summed E-state index contributed by atoms with van der Waals surface area (Å²) in [4.78, 5) is 41.6. The number of allylic oxidation sites excluding steroid dienone is 1. The van der Waals surface area contributed by atoms with Crippen LogP contribution in [0.4, 0.5) is 13.2 Å². The first-order chi connectivity index (χ1) is 18.1. The third-order valence-corrected chi connectivity index (χ3v) is 6.52. The first-order valence-electron chi connectivity index (χ1n) is 11.8. The Hall–Kier alpha value is -4.40. The van der Waals surface area contributed by atoms with Crippen LogP contribution in [0.15, 0.2) is 96.2 Å². The van der Waals surface area contributed by atoms with E-state index in [1.807, 2.05) is 5.32 Å². The van der Waals surface area contributed by atoms with Crippen LogP contribution in [0.2, 0.25) is 0 Å². The van der Waals surface area contributed by atoms with Gasteiger partial charge in [0.15, 0.2) is 5.78 Å². The Balaban J connectivity index is 1.85. The average Bonchev–Trinajstić information content (AvgIpc) is 3.13. The van der Waals surface area contributed by atoms with Gasteiger partial charge in [0.25, 0.3) is 11.8 Å². The summed E-state index contributed by atoms with van der Waals surface area (Å²) >= 11 is 0. The second-order valence-corrected chi connectivity index (χ2v) is 8.75. The van der Waals surface area contributed by atoms with E-state index >= 15 is 13.2 Å². The minimum Gasteiger partial charge on any atom is -0.496 e. The Labute approximate surface area is 217 Å². The highest BCUT2D eigenvalue weighted by Crippen LogP contribution is 2.46. The molecule has 0 saturated heterocycles. The molecule has 1 atom stereocenters. The molecule has 6 nitrogen and oxygen atoms in total. The molecule has 9 heteroatoms. The van der Waals surface area contributed by atoms with Crippen LogP contribution in [0.5, 0.6) is 5.75 Å². The summed E-state index contributed by atoms with van der Waals surface area (Å²) in [5.74, 6) is -3.63. The number of hydrogen-bond donors (Lipinski definition) is 1. The maximum atomic E-state index is 15.1. The highest BCUT2D eigenvalue weighted by atomic mass is 19.4. The van der Waals surface area contributed by atoms with E-state index in [1.54, 1.807) is 42.5 Å². The molecule has 3 aromatic rings. The molecule has 1 heterocycles. The average molecular weight is 523 g/mol. The Kier molecular flexibility index (Phi) is 7.39. The number of methoxy groups -OCH3 is 1. The van der Waals surface area contributed by atoms with Crippen LogP contribution in [-0.2, 0) is 11.2 Å². The molecule has 0 fully saturated rings. The van der Waals surface area contributed by atoms with Crippen LogP contribution in [-0.4, -0.2) is 47.9 Å². The molecule has 1 aliphatic rings. The normalized spacial score (nSPS) is 17.5. The van der Waals surface area contributed by atoms with Gasteiger partial charge < -0.3 is 15.0 Å². The molecule has 0 radical (unpaired) electrons. The van der Waals surface area contributed by atoms with E-state index in [2.05, 4.69) is 0 Å². The minimum absolute atomic E-state index is 0.0188. The number of nitrogens with one attached hydrogen (secondary N) is 1. The number of amides is 2. The molecule has 0 aliphatic carbocycles. The van der Waals surface area contributed by atoms with E-state index < -0.39 is 34.9 Å². The SMILES string of the molecule is COc1ccccc1C(=O)NC1(C(F)(F)F)C(=O)N(CCc2ccccc2)C(C)=C1C(=O)c1ccccc1. The number of nitrogens with zero attached hydrogens (tertiary/aromatic N) is 1. The minimum atomic E-state index is -5.34. The number of benzene rings is 3. The summed E-state index contributed by atoms with van der Waals surface area (Å²) in [6.07, 6.45) is -5.10. The summed E-state index contributed by atoms with van der Waals surface area (Å²) in [6, 6.07) is 22.0. The largest absolute Gasteiger partial charge is 0.496 e. The van der Waals surface area contributed by atoms with Crippen molar-refractivity contribution < 1.29 is 32.3 Å². The Morgan fingerprint density at radius 2 is 1.50 bits per heavy atom. The molecule has 1 unspecified atom stereocenters. The summed E-state index contributed by atoms with van der Waals surface area (Å²) in [6.45, 7) is 1.17. The molecule has 2 amide bonds. The van der Waals surface area contributed by atoms with E-state index in [4.69, 9.17) is 4.74 Å². The fourth-order valence-corrected chi connectivity index (χ4v) is 4.61. The monoisotopic (exact) mass is 522 g/mol. The number of halogens is 3. The van der Waals surface area contributed by atoms with Gasteiger partial charge in [-0.15, -0.1) is 0 Å². The third kappa shape index (κ3) is 4.67. The number of ketones is 1. The van der Waals surface area contributed by atoms with Crippen LogP contribution in [0.3, 0.4) is 0 Å². The predicted octanol–water partition coefficient (Wildman–Crippen LogP) is 4.97. The highest BCUT2D eigenvalue weighted by Gasteiger charge is 2.70. The van der Waals surface area contributed by atoms with Gasteiger partial charge in [-0.3, -0.25) is 14.4 Å². The molecule has 3 aromatic carbocycles. The smallest absolute Gasteiger partial charge is 0.425 e. The van der Waals surface area contributed by atoms with Crippen molar-refractivity contribution in [2.24, 2.45) is 0 Å². The number of rotatable bonds is 8. The van der Waals surface area contributed by atoms with Crippen molar-refractivity contribution >= 4 is 17.6 Å². The number of hydrogen-bond acceptors (Lipinski definition) is 4. The lowest BCUT2D eigenvalue weighted by molar-refractivity contribution is -0.189. The standard InChI is InChI=1S/C29H25F3N2O4/c1-19-24(25(35)21-13-7-4-8-14-21)28(29(30,31)32,33-26(36)22-15-9-10-16-23(22)38-2)27(37)34(19)18-17-20-11-5-3-6-12-20/h3-16H,17-18H2,1-2H3,(H,33,36). The molecule has 0 aromatic heterocycles. The van der Waals surface area contributed by atoms with Crippen molar-refractivity contribution in [2.45, 2.75) is 25.1 Å². The first-order valence-corrected chi connectivity index (χ1v) is 11.8. The molecule has 0 bridgehead atoms. The van der Waals surface area contributed by atoms with Crippen LogP contribution >= 0.6 is 0 Å². The lowest BCUT2D eigenvalue weighted by Gasteiger charge is -2.33. The number of carbonyl (C=O) groups is 3. The number of carbonyl (C=O) groups excluding carboxylic acids is 3. The number of para-hydroxylation sites is 1. The topological polar surface area (TPSA) is 75.7 Å². The van der Waals surface area contributed by atoms with E-state index in [9.17, 15) is 14.4 Å². The molecule has 196 valence electrons. The van der Waals surface area contributed by atoms with E-state index in [-0.39, 0.29) is 35.5 Å². The van der Waals surface area contributed by atoms with Gasteiger partial charge in [-0.2, -0.15) is 13.2 Å². The lowest BCUT2D eigenvalue weighted by Crippen LogP contribution is -2.66. The van der Waals surface area contributed by atoms with E-state index in [1.165, 1.54) is 56.5 Å². The summed E-state index contributed by atoms with van der Waals surface area (Å²) < 4.78 is 50.4. The van der Waals surface area contributed by atoms with Crippen molar-refractivity contribution in [3.8, 4) is 5.75 Å². The third-order valence-electron chi connectivity index (χ3n) is 6.52. The molecule has 1 N–H and O–H groups in total. The Morgan fingerprint density at radius 3 is 2.11 bits per heavy atom. The molecule has 4 rings (SSSR count). The predicted molar refractivity (Wildman–Crippen MR) is 135 cm³/mol. The molecular weight excluding hydrogens is 497 g/mol. The second kappa shape index (κ2) is 10.5. The number of ether oxygens (including phenoxy) is 1. The van der Waals surface area contributed by atoms with E-state index in [0.29, 0.717) is 0 Å². The Morgan fingerprint density at radius 1 is 0.921 bits per heavy atom. The molecule has 0 spiro atoms. The highest BCUT2D eigenvalue weighted by molar-refractivity contribution is 6.19. The van der Waals surface area contributed by atoms with Gasteiger partial charge >= 0.3 is 6.18 Å². The Bertz CT molecular complexity index is 1390. The van der Waals surface area contributed by atoms with Gasteiger partial charge in [-0.05, 0) is 31.0 Å². The summed E-state index contributed by atoms with van der Waals surface area (Å²) in [5.41, 5.74) is -4.06. The summed E-state index contributed by atoms with van der Waals surface area (Å²) in [5, 5.41) is 1.92. The fourth-order valence-electron chi connectivity index (χ4n) is 4.61. The second-order valence-electron chi connectivity index (χ2n) is 8.75. The van der Waals surface area contributed by atoms with E-state index in [0.717, 1.165) is 10.5 Å². The molecule has 0 saturated carbocycles. The van der Waals surface area contributed by atoms with Crippen molar-refractivity contribution in [3.05, 3.63) is 113 Å². The number of alkyl halides is 3. The van der Waals surface area contributed by atoms with Gasteiger partial charge in [0.2, 0.25) is 5.54 Å². The summed E-state index contributed by atoms with van der Waals surface area (Å²) in [7, 11) is 1.27. The zero-order valence-electron chi connectivity index (χ0n) is 20.7. The van der Waals surface area contributed by atoms with Crippen LogP contribution < -0.4 is 10.1 Å². The quantitative estimate of drug-likeness (QED) is 0.424. The van der Waals surface area contributed by atoms with Crippen molar-refractivity contribution in [3.63, 3.8) is 0 Å². The number of Topliss-reactive ketones (excluding diaryl/α,β-unsaturated/α-hetero) is 1. The molecular formula is C29H25F3N2O4. The molecule has 38 heavy (non-hydrogen) atoms. The lowest BCUT2D eigenvalue weighted by atomic mass is 9.84. The van der Waals surface area contributed by atoms with Crippen molar-refractivity contribution in [2.75, 3.05) is 13.7 Å². The first kappa shape index (κ1) is 26.7. The van der Waals surface area contributed by atoms with Crippen molar-refractivity contribution in [1.29, 1.82) is 0 Å². The molecule has 1 aliphatic heterocycles. The van der Waals surface area contributed by atoms with Gasteiger partial charge in [0, 0.05) is 17.8 Å². The van der Waals surface area contributed by atoms with Gasteiger partial charge in [0.05, 0.1) is 18.2 Å². The van der Waals surface area contributed by atoms with Gasteiger partial charge in [-0.25, -0.2) is 0 Å². The zero-order chi connectivity index (χ0) is 27.5. The van der Waals surface area contributed by atoms with Crippen molar-refractivity contribution in [1.82, 2.24) is 10.2 Å². The van der Waals surface area contributed by atoms with Crippen LogP contribution in [0.1, 0.15) is 33.2 Å². The van der Waals surface area contributed by atoms with Crippen LogP contribution in [0.25, 0.3) is 0 Å². The fraction of sp³-hybridized carbons (Fsp3) is 0.207. The van der Waals surface area contributed by atoms with Gasteiger partial charge in [-0.1, -0.05) is 72.8 Å².